The molecule has 1 aliphatic heterocycles. The maximum atomic E-state index is 12.9. The van der Waals surface area contributed by atoms with Crippen LogP contribution in [0.5, 0.6) is 5.75 Å². The second-order valence-corrected chi connectivity index (χ2v) is 5.89. The minimum absolute atomic E-state index is 0.192. The highest BCUT2D eigenvalue weighted by atomic mass is 19.1. The standard InChI is InChI=1S/C18H18FN3O4/c19-13-2-4-14(5-3-13)21-18(24)16-8-11-1-6-15(7-12(11)9-20-16)26-10-17(23)22-25/h1-7,16,20,25H,8-10H2,(H,21,24)(H,22,23)/t16-/m0/s1. The SMILES string of the molecule is O=C(COc1ccc2c(c1)CN[C@H](C(=O)Nc1ccc(F)cc1)C2)NO. The van der Waals surface area contributed by atoms with Crippen LogP contribution in [0.25, 0.3) is 0 Å². The molecule has 26 heavy (non-hydrogen) atoms. The lowest BCUT2D eigenvalue weighted by Crippen LogP contribution is -2.44. The van der Waals surface area contributed by atoms with E-state index in [1.807, 2.05) is 6.07 Å². The van der Waals surface area contributed by atoms with Crippen molar-refractivity contribution in [1.29, 1.82) is 0 Å². The van der Waals surface area contributed by atoms with E-state index in [1.165, 1.54) is 29.7 Å². The number of halogens is 1. The molecule has 7 nitrogen and oxygen atoms in total. The Morgan fingerprint density at radius 3 is 2.69 bits per heavy atom. The molecule has 0 saturated heterocycles. The fourth-order valence-corrected chi connectivity index (χ4v) is 2.71. The van der Waals surface area contributed by atoms with Crippen molar-refractivity contribution in [3.63, 3.8) is 0 Å². The van der Waals surface area contributed by atoms with E-state index in [9.17, 15) is 14.0 Å². The quantitative estimate of drug-likeness (QED) is 0.477. The Kier molecular flexibility index (Phi) is 5.45. The second-order valence-electron chi connectivity index (χ2n) is 5.89. The summed E-state index contributed by atoms with van der Waals surface area (Å²) in [7, 11) is 0. The molecule has 0 unspecified atom stereocenters. The Hall–Kier alpha value is -2.97. The third-order valence-electron chi connectivity index (χ3n) is 4.06. The summed E-state index contributed by atoms with van der Waals surface area (Å²) in [6.45, 7) is 0.186. The van der Waals surface area contributed by atoms with E-state index in [0.717, 1.165) is 11.1 Å². The first-order chi connectivity index (χ1) is 12.5. The summed E-state index contributed by atoms with van der Waals surface area (Å²) >= 11 is 0. The number of carbonyl (C=O) groups excluding carboxylic acids is 2. The smallest absolute Gasteiger partial charge is 0.281 e. The van der Waals surface area contributed by atoms with Gasteiger partial charge in [-0.1, -0.05) is 6.07 Å². The van der Waals surface area contributed by atoms with Crippen LogP contribution < -0.4 is 20.9 Å². The van der Waals surface area contributed by atoms with Gasteiger partial charge in [0.25, 0.3) is 5.91 Å². The minimum Gasteiger partial charge on any atom is -0.484 e. The molecule has 0 saturated carbocycles. The Morgan fingerprint density at radius 1 is 1.19 bits per heavy atom. The number of hydroxylamine groups is 1. The molecule has 0 radical (unpaired) electrons. The molecule has 136 valence electrons. The van der Waals surface area contributed by atoms with Crippen molar-refractivity contribution in [3.8, 4) is 5.75 Å². The van der Waals surface area contributed by atoms with Gasteiger partial charge in [-0.25, -0.2) is 9.87 Å². The summed E-state index contributed by atoms with van der Waals surface area (Å²) in [5, 5.41) is 14.4. The topological polar surface area (TPSA) is 99.7 Å². The van der Waals surface area contributed by atoms with Crippen molar-refractivity contribution in [3.05, 3.63) is 59.4 Å². The number of rotatable bonds is 5. The molecule has 2 amide bonds. The molecular formula is C18H18FN3O4. The van der Waals surface area contributed by atoms with Crippen molar-refractivity contribution < 1.29 is 23.9 Å². The van der Waals surface area contributed by atoms with E-state index in [-0.39, 0.29) is 18.3 Å². The number of benzene rings is 2. The van der Waals surface area contributed by atoms with Crippen LogP contribution in [0.2, 0.25) is 0 Å². The first kappa shape index (κ1) is 17.8. The lowest BCUT2D eigenvalue weighted by atomic mass is 9.95. The van der Waals surface area contributed by atoms with Crippen LogP contribution in [0.1, 0.15) is 11.1 Å². The molecule has 1 aliphatic rings. The lowest BCUT2D eigenvalue weighted by Gasteiger charge is -2.26. The van der Waals surface area contributed by atoms with E-state index in [1.54, 1.807) is 12.1 Å². The summed E-state index contributed by atoms with van der Waals surface area (Å²) in [6.07, 6.45) is 0.500. The first-order valence-electron chi connectivity index (χ1n) is 8.02. The van der Waals surface area contributed by atoms with Gasteiger partial charge in [-0.05, 0) is 53.9 Å². The second kappa shape index (κ2) is 7.94. The fraction of sp³-hybridized carbons (Fsp3) is 0.222. The molecule has 1 heterocycles. The largest absolute Gasteiger partial charge is 0.484 e. The zero-order valence-electron chi connectivity index (χ0n) is 13.8. The number of anilines is 1. The van der Waals surface area contributed by atoms with E-state index in [2.05, 4.69) is 10.6 Å². The molecule has 1 atom stereocenters. The monoisotopic (exact) mass is 359 g/mol. The van der Waals surface area contributed by atoms with Crippen LogP contribution in [-0.2, 0) is 22.6 Å². The molecule has 2 aromatic carbocycles. The van der Waals surface area contributed by atoms with E-state index < -0.39 is 11.9 Å². The van der Waals surface area contributed by atoms with E-state index in [0.29, 0.717) is 24.4 Å². The molecule has 4 N–H and O–H groups in total. The maximum absolute atomic E-state index is 12.9. The van der Waals surface area contributed by atoms with Gasteiger partial charge < -0.3 is 15.4 Å². The van der Waals surface area contributed by atoms with Crippen molar-refractivity contribution in [2.45, 2.75) is 19.0 Å². The minimum atomic E-state index is -0.640. The third kappa shape index (κ3) is 4.35. The summed E-state index contributed by atoms with van der Waals surface area (Å²) in [5.41, 5.74) is 4.01. The third-order valence-corrected chi connectivity index (χ3v) is 4.06. The average Bonchev–Trinajstić information content (AvgIpc) is 2.67. The molecular weight excluding hydrogens is 341 g/mol. The predicted octanol–water partition coefficient (Wildman–Crippen LogP) is 1.36. The fourth-order valence-electron chi connectivity index (χ4n) is 2.71. The summed E-state index contributed by atoms with van der Waals surface area (Å²) in [6, 6.07) is 10.5. The van der Waals surface area contributed by atoms with Crippen molar-refractivity contribution in [1.82, 2.24) is 10.8 Å². The first-order valence-corrected chi connectivity index (χ1v) is 8.02. The van der Waals surface area contributed by atoms with Crippen LogP contribution >= 0.6 is 0 Å². The summed E-state index contributed by atoms with van der Waals surface area (Å²) in [5.74, 6) is -0.689. The highest BCUT2D eigenvalue weighted by Gasteiger charge is 2.24. The number of nitrogens with one attached hydrogen (secondary N) is 3. The molecule has 8 heteroatoms. The average molecular weight is 359 g/mol. The highest BCUT2D eigenvalue weighted by Crippen LogP contribution is 2.23. The molecule has 0 fully saturated rings. The van der Waals surface area contributed by atoms with Gasteiger partial charge in [-0.15, -0.1) is 0 Å². The maximum Gasteiger partial charge on any atom is 0.281 e. The number of fused-ring (bicyclic) bond motifs is 1. The van der Waals surface area contributed by atoms with Gasteiger partial charge in [0.05, 0.1) is 6.04 Å². The van der Waals surface area contributed by atoms with Crippen LogP contribution in [0, 0.1) is 5.82 Å². The number of hydrogen-bond acceptors (Lipinski definition) is 5. The summed E-state index contributed by atoms with van der Waals surface area (Å²) in [4.78, 5) is 23.4. The van der Waals surface area contributed by atoms with Crippen LogP contribution in [0.15, 0.2) is 42.5 Å². The van der Waals surface area contributed by atoms with Crippen LogP contribution in [0.3, 0.4) is 0 Å². The van der Waals surface area contributed by atoms with Crippen molar-refractivity contribution in [2.75, 3.05) is 11.9 Å². The Balaban J connectivity index is 1.61. The Bertz CT molecular complexity index is 811. The number of amides is 2. The highest BCUT2D eigenvalue weighted by molar-refractivity contribution is 5.95. The Labute approximate surface area is 149 Å². The number of hydrogen-bond donors (Lipinski definition) is 4. The lowest BCUT2D eigenvalue weighted by molar-refractivity contribution is -0.131. The van der Waals surface area contributed by atoms with Gasteiger partial charge >= 0.3 is 0 Å². The van der Waals surface area contributed by atoms with Crippen LogP contribution in [-0.4, -0.2) is 29.7 Å². The molecule has 2 aromatic rings. The normalized spacial score (nSPS) is 15.7. The van der Waals surface area contributed by atoms with Gasteiger partial charge in [-0.3, -0.25) is 14.8 Å². The van der Waals surface area contributed by atoms with Gasteiger partial charge in [0, 0.05) is 12.2 Å². The van der Waals surface area contributed by atoms with Gasteiger partial charge in [0.1, 0.15) is 11.6 Å². The van der Waals surface area contributed by atoms with Gasteiger partial charge in [0.15, 0.2) is 6.61 Å². The van der Waals surface area contributed by atoms with E-state index in [4.69, 9.17) is 9.94 Å². The molecule has 0 spiro atoms. The van der Waals surface area contributed by atoms with Gasteiger partial charge in [0.2, 0.25) is 5.91 Å². The van der Waals surface area contributed by atoms with Gasteiger partial charge in [-0.2, -0.15) is 0 Å². The number of carbonyl (C=O) groups is 2. The van der Waals surface area contributed by atoms with Crippen molar-refractivity contribution >= 4 is 17.5 Å². The zero-order chi connectivity index (χ0) is 18.5. The molecule has 0 aliphatic carbocycles. The number of ether oxygens (including phenoxy) is 1. The zero-order valence-corrected chi connectivity index (χ0v) is 13.8. The molecule has 3 rings (SSSR count). The molecule has 0 bridgehead atoms. The molecule has 0 aromatic heterocycles. The van der Waals surface area contributed by atoms with E-state index >= 15 is 0 Å². The van der Waals surface area contributed by atoms with Crippen molar-refractivity contribution in [2.24, 2.45) is 0 Å². The predicted molar refractivity (Wildman–Crippen MR) is 91.2 cm³/mol. The van der Waals surface area contributed by atoms with Crippen LogP contribution in [0.4, 0.5) is 10.1 Å². The Morgan fingerprint density at radius 2 is 1.96 bits per heavy atom. The summed E-state index contributed by atoms with van der Waals surface area (Å²) < 4.78 is 18.2.